The first-order chi connectivity index (χ1) is 8.49. The molecule has 5 nitrogen and oxygen atoms in total. The molecule has 0 amide bonds. The summed E-state index contributed by atoms with van der Waals surface area (Å²) >= 11 is 0. The van der Waals surface area contributed by atoms with Gasteiger partial charge < -0.3 is 17.2 Å². The van der Waals surface area contributed by atoms with Crippen molar-refractivity contribution in [2.45, 2.75) is 6.92 Å². The van der Waals surface area contributed by atoms with Gasteiger partial charge in [0, 0.05) is 11.3 Å². The minimum atomic E-state index is -0.137. The number of amidine groups is 1. The van der Waals surface area contributed by atoms with E-state index in [1.807, 2.05) is 25.1 Å². The summed E-state index contributed by atoms with van der Waals surface area (Å²) in [6.45, 7) is 1.96. The number of hydrogen-bond donors (Lipinski definition) is 4. The fraction of sp³-hybridized carbons (Fsp3) is 0.0769. The van der Waals surface area contributed by atoms with Crippen molar-refractivity contribution in [3.8, 4) is 11.3 Å². The molecule has 18 heavy (non-hydrogen) atoms. The number of nitrogens with two attached hydrogens (primary N) is 3. The predicted octanol–water partition coefficient (Wildman–Crippen LogP) is 1.51. The molecule has 0 saturated carbocycles. The number of rotatable bonds is 2. The van der Waals surface area contributed by atoms with Gasteiger partial charge in [-0.2, -0.15) is 0 Å². The average molecular weight is 241 g/mol. The fourth-order valence-corrected chi connectivity index (χ4v) is 1.81. The molecule has 1 heterocycles. The number of aryl methyl sites for hydroxylation is 1. The maximum Gasteiger partial charge on any atom is 0.143 e. The van der Waals surface area contributed by atoms with E-state index in [4.69, 9.17) is 22.6 Å². The molecule has 0 spiro atoms. The van der Waals surface area contributed by atoms with Crippen LogP contribution in [0.4, 0.5) is 11.4 Å². The number of pyridine rings is 1. The molecule has 0 unspecified atom stereocenters. The summed E-state index contributed by atoms with van der Waals surface area (Å²) in [5.41, 5.74) is 21.0. The van der Waals surface area contributed by atoms with Crippen molar-refractivity contribution in [3.63, 3.8) is 0 Å². The molecule has 0 atom stereocenters. The number of hydrogen-bond acceptors (Lipinski definition) is 4. The first kappa shape index (κ1) is 11.9. The van der Waals surface area contributed by atoms with Crippen molar-refractivity contribution in [1.29, 1.82) is 5.41 Å². The average Bonchev–Trinajstić information content (AvgIpc) is 2.30. The molecule has 2 aromatic rings. The second-order valence-corrected chi connectivity index (χ2v) is 4.12. The molecule has 0 fully saturated rings. The molecule has 2 rings (SSSR count). The number of aromatic nitrogens is 1. The van der Waals surface area contributed by atoms with E-state index in [9.17, 15) is 0 Å². The zero-order chi connectivity index (χ0) is 13.3. The van der Waals surface area contributed by atoms with Crippen LogP contribution in [0.5, 0.6) is 0 Å². The van der Waals surface area contributed by atoms with E-state index >= 15 is 0 Å². The van der Waals surface area contributed by atoms with Gasteiger partial charge in [-0.25, -0.2) is 4.98 Å². The highest BCUT2D eigenvalue weighted by Gasteiger charge is 2.09. The van der Waals surface area contributed by atoms with Gasteiger partial charge in [0.2, 0.25) is 0 Å². The van der Waals surface area contributed by atoms with Crippen LogP contribution in [0.25, 0.3) is 11.3 Å². The van der Waals surface area contributed by atoms with Crippen LogP contribution in [0.1, 0.15) is 11.3 Å². The molecule has 0 radical (unpaired) electrons. The first-order valence-corrected chi connectivity index (χ1v) is 5.46. The molecule has 0 aliphatic heterocycles. The third kappa shape index (κ3) is 2.10. The molecule has 7 N–H and O–H groups in total. The summed E-state index contributed by atoms with van der Waals surface area (Å²) in [5, 5.41) is 7.44. The van der Waals surface area contributed by atoms with Crippen LogP contribution in [0.15, 0.2) is 30.3 Å². The van der Waals surface area contributed by atoms with E-state index in [0.717, 1.165) is 16.8 Å². The normalized spacial score (nSPS) is 10.3. The molecule has 0 aliphatic rings. The quantitative estimate of drug-likeness (QED) is 0.362. The largest absolute Gasteiger partial charge is 0.399 e. The van der Waals surface area contributed by atoms with Gasteiger partial charge in [-0.3, -0.25) is 5.41 Å². The second-order valence-electron chi connectivity index (χ2n) is 4.12. The van der Waals surface area contributed by atoms with Gasteiger partial charge in [-0.15, -0.1) is 0 Å². The Bertz CT molecular complexity index is 619. The Morgan fingerprint density at radius 3 is 2.50 bits per heavy atom. The Balaban J connectivity index is 2.58. The lowest BCUT2D eigenvalue weighted by Gasteiger charge is -2.09. The first-order valence-electron chi connectivity index (χ1n) is 5.46. The van der Waals surface area contributed by atoms with Crippen LogP contribution in [-0.4, -0.2) is 10.8 Å². The molecular formula is C13H15N5. The maximum absolute atomic E-state index is 7.44. The Morgan fingerprint density at radius 2 is 1.89 bits per heavy atom. The van der Waals surface area contributed by atoms with Crippen molar-refractivity contribution in [1.82, 2.24) is 4.98 Å². The van der Waals surface area contributed by atoms with Crippen molar-refractivity contribution >= 4 is 17.2 Å². The monoisotopic (exact) mass is 241 g/mol. The standard InChI is InChI=1S/C13H15N5/c1-7-6-8(14)2-3-9(7)11-5-4-10(15)12(18-11)13(16)17/h2-6H,14-15H2,1H3,(H3,16,17). The van der Waals surface area contributed by atoms with E-state index in [0.29, 0.717) is 17.1 Å². The smallest absolute Gasteiger partial charge is 0.143 e. The fourth-order valence-electron chi connectivity index (χ4n) is 1.81. The van der Waals surface area contributed by atoms with Gasteiger partial charge in [0.1, 0.15) is 11.5 Å². The number of nitrogen functional groups attached to an aromatic ring is 3. The zero-order valence-electron chi connectivity index (χ0n) is 10.1. The SMILES string of the molecule is Cc1cc(N)ccc1-c1ccc(N)c(C(=N)N)n1. The van der Waals surface area contributed by atoms with Crippen molar-refractivity contribution in [3.05, 3.63) is 41.6 Å². The van der Waals surface area contributed by atoms with Crippen molar-refractivity contribution < 1.29 is 0 Å². The van der Waals surface area contributed by atoms with Crippen LogP contribution in [0.2, 0.25) is 0 Å². The Morgan fingerprint density at radius 1 is 1.17 bits per heavy atom. The second kappa shape index (κ2) is 4.37. The minimum Gasteiger partial charge on any atom is -0.399 e. The van der Waals surface area contributed by atoms with E-state index in [1.54, 1.807) is 12.1 Å². The lowest BCUT2D eigenvalue weighted by atomic mass is 10.0. The summed E-state index contributed by atoms with van der Waals surface area (Å²) in [4.78, 5) is 4.32. The van der Waals surface area contributed by atoms with E-state index in [-0.39, 0.29) is 5.84 Å². The van der Waals surface area contributed by atoms with Crippen LogP contribution in [0.3, 0.4) is 0 Å². The van der Waals surface area contributed by atoms with Gasteiger partial charge in [0.15, 0.2) is 0 Å². The summed E-state index contributed by atoms with van der Waals surface area (Å²) in [5.74, 6) is -0.137. The summed E-state index contributed by atoms with van der Waals surface area (Å²) in [6.07, 6.45) is 0. The Kier molecular flexibility index (Phi) is 2.89. The number of nitrogens with one attached hydrogen (secondary N) is 1. The van der Waals surface area contributed by atoms with Gasteiger partial charge >= 0.3 is 0 Å². The summed E-state index contributed by atoms with van der Waals surface area (Å²) in [6, 6.07) is 9.09. The number of benzene rings is 1. The molecule has 1 aromatic heterocycles. The third-order valence-electron chi connectivity index (χ3n) is 2.71. The van der Waals surface area contributed by atoms with Crippen LogP contribution in [0, 0.1) is 12.3 Å². The lowest BCUT2D eigenvalue weighted by molar-refractivity contribution is 1.25. The van der Waals surface area contributed by atoms with Gasteiger partial charge in [0.05, 0.1) is 11.4 Å². The molecule has 92 valence electrons. The highest BCUT2D eigenvalue weighted by atomic mass is 14.8. The van der Waals surface area contributed by atoms with Crippen molar-refractivity contribution in [2.24, 2.45) is 5.73 Å². The highest BCUT2D eigenvalue weighted by Crippen LogP contribution is 2.25. The van der Waals surface area contributed by atoms with Crippen molar-refractivity contribution in [2.75, 3.05) is 11.5 Å². The molecule has 0 aliphatic carbocycles. The third-order valence-corrected chi connectivity index (χ3v) is 2.71. The minimum absolute atomic E-state index is 0.137. The van der Waals surface area contributed by atoms with Crippen LogP contribution >= 0.6 is 0 Å². The summed E-state index contributed by atoms with van der Waals surface area (Å²) in [7, 11) is 0. The van der Waals surface area contributed by atoms with Crippen LogP contribution in [-0.2, 0) is 0 Å². The Hall–Kier alpha value is -2.56. The lowest BCUT2D eigenvalue weighted by Crippen LogP contribution is -2.16. The Labute approximate surface area is 105 Å². The molecule has 5 heteroatoms. The highest BCUT2D eigenvalue weighted by molar-refractivity contribution is 5.98. The molecular weight excluding hydrogens is 226 g/mol. The van der Waals surface area contributed by atoms with Gasteiger partial charge in [-0.05, 0) is 36.8 Å². The molecule has 1 aromatic carbocycles. The van der Waals surface area contributed by atoms with Gasteiger partial charge in [0.25, 0.3) is 0 Å². The predicted molar refractivity (Wildman–Crippen MR) is 74.3 cm³/mol. The van der Waals surface area contributed by atoms with E-state index < -0.39 is 0 Å². The van der Waals surface area contributed by atoms with Gasteiger partial charge in [-0.1, -0.05) is 6.07 Å². The van der Waals surface area contributed by atoms with Crippen LogP contribution < -0.4 is 17.2 Å². The number of anilines is 2. The molecule has 0 saturated heterocycles. The van der Waals surface area contributed by atoms with E-state index in [1.165, 1.54) is 0 Å². The summed E-state index contributed by atoms with van der Waals surface area (Å²) < 4.78 is 0. The van der Waals surface area contributed by atoms with E-state index in [2.05, 4.69) is 4.98 Å². The topological polar surface area (TPSA) is 115 Å². The molecule has 0 bridgehead atoms. The zero-order valence-corrected chi connectivity index (χ0v) is 10.1. The number of nitrogens with zero attached hydrogens (tertiary/aromatic N) is 1. The maximum atomic E-state index is 7.44.